The van der Waals surface area contributed by atoms with Crippen LogP contribution in [0.1, 0.15) is 13.3 Å². The first-order valence-corrected chi connectivity index (χ1v) is 8.46. The first-order chi connectivity index (χ1) is 5.83. The Morgan fingerprint density at radius 3 is 2.54 bits per heavy atom. The van der Waals surface area contributed by atoms with E-state index in [1.54, 1.807) is 0 Å². The fourth-order valence-corrected chi connectivity index (χ4v) is 2.15. The number of esters is 1. The largest absolute Gasteiger partial charge is 0.464 e. The van der Waals surface area contributed by atoms with E-state index in [-0.39, 0.29) is 5.97 Å². The van der Waals surface area contributed by atoms with Gasteiger partial charge in [-0.25, -0.2) is 0 Å². The van der Waals surface area contributed by atoms with E-state index in [1.165, 1.54) is 0 Å². The predicted molar refractivity (Wildman–Crippen MR) is 55.3 cm³/mol. The Balaban J connectivity index is 2.48. The lowest BCUT2D eigenvalue weighted by atomic mass is 10.0. The molecule has 1 unspecified atom stereocenters. The van der Waals surface area contributed by atoms with Crippen LogP contribution in [0.4, 0.5) is 0 Å². The van der Waals surface area contributed by atoms with Gasteiger partial charge in [0.2, 0.25) is 0 Å². The lowest BCUT2D eigenvalue weighted by molar-refractivity contribution is -0.142. The molecule has 1 aliphatic heterocycles. The molecular weight excluding hydrogens is 182 g/mol. The molecule has 0 aromatic carbocycles. The third-order valence-corrected chi connectivity index (χ3v) is 3.53. The van der Waals surface area contributed by atoms with Crippen LogP contribution in [0.15, 0.2) is 0 Å². The van der Waals surface area contributed by atoms with E-state index in [1.807, 2.05) is 6.92 Å². The number of nitrogens with one attached hydrogen (secondary N) is 1. The number of carbonyl (C=O) groups is 1. The molecule has 1 N–H and O–H groups in total. The van der Waals surface area contributed by atoms with E-state index in [0.717, 1.165) is 12.6 Å². The zero-order valence-corrected chi connectivity index (χ0v) is 9.94. The van der Waals surface area contributed by atoms with E-state index in [2.05, 4.69) is 25.0 Å². The van der Waals surface area contributed by atoms with Crippen molar-refractivity contribution >= 4 is 14.0 Å². The SMILES string of the molecule is CC1(NC[Si](C)(C)C)CCOC1=O. The van der Waals surface area contributed by atoms with Crippen LogP contribution in [0.3, 0.4) is 0 Å². The van der Waals surface area contributed by atoms with Crippen molar-refractivity contribution in [3.63, 3.8) is 0 Å². The molecule has 76 valence electrons. The molecule has 3 nitrogen and oxygen atoms in total. The van der Waals surface area contributed by atoms with Crippen molar-refractivity contribution in [1.29, 1.82) is 0 Å². The van der Waals surface area contributed by atoms with Gasteiger partial charge in [0.15, 0.2) is 0 Å². The predicted octanol–water partition coefficient (Wildman–Crippen LogP) is 1.16. The molecule has 1 saturated heterocycles. The Morgan fingerprint density at radius 1 is 1.54 bits per heavy atom. The molecule has 0 spiro atoms. The smallest absolute Gasteiger partial charge is 0.326 e. The van der Waals surface area contributed by atoms with Crippen molar-refractivity contribution in [3.8, 4) is 0 Å². The van der Waals surface area contributed by atoms with Gasteiger partial charge in [-0.3, -0.25) is 4.79 Å². The van der Waals surface area contributed by atoms with E-state index >= 15 is 0 Å². The second-order valence-corrected chi connectivity index (χ2v) is 10.6. The highest BCUT2D eigenvalue weighted by atomic mass is 28.3. The van der Waals surface area contributed by atoms with Crippen LogP contribution >= 0.6 is 0 Å². The molecule has 1 aliphatic rings. The molecule has 1 heterocycles. The Morgan fingerprint density at radius 2 is 2.15 bits per heavy atom. The molecule has 1 rings (SSSR count). The second-order valence-electron chi connectivity index (χ2n) is 5.13. The first kappa shape index (κ1) is 10.7. The first-order valence-electron chi connectivity index (χ1n) is 4.76. The Kier molecular flexibility index (Phi) is 2.82. The summed E-state index contributed by atoms with van der Waals surface area (Å²) in [6.45, 7) is 9.34. The number of rotatable bonds is 3. The molecule has 1 fully saturated rings. The van der Waals surface area contributed by atoms with Gasteiger partial charge in [0.1, 0.15) is 5.54 Å². The van der Waals surface area contributed by atoms with Crippen molar-refractivity contribution in [2.24, 2.45) is 0 Å². The highest BCUT2D eigenvalue weighted by molar-refractivity contribution is 6.76. The monoisotopic (exact) mass is 201 g/mol. The van der Waals surface area contributed by atoms with Crippen LogP contribution in [0.5, 0.6) is 0 Å². The summed E-state index contributed by atoms with van der Waals surface area (Å²) in [4.78, 5) is 11.3. The minimum Gasteiger partial charge on any atom is -0.464 e. The summed E-state index contributed by atoms with van der Waals surface area (Å²) in [6.07, 6.45) is 1.77. The third kappa shape index (κ3) is 2.81. The summed E-state index contributed by atoms with van der Waals surface area (Å²) in [5.41, 5.74) is -0.416. The minimum absolute atomic E-state index is 0.0919. The van der Waals surface area contributed by atoms with Crippen LogP contribution in [0.2, 0.25) is 19.6 Å². The Bertz CT molecular complexity index is 212. The second kappa shape index (κ2) is 3.42. The molecule has 0 radical (unpaired) electrons. The summed E-state index contributed by atoms with van der Waals surface area (Å²) in [7, 11) is -1.12. The summed E-state index contributed by atoms with van der Waals surface area (Å²) < 4.78 is 4.95. The molecule has 0 aromatic heterocycles. The summed E-state index contributed by atoms with van der Waals surface area (Å²) in [5.74, 6) is -0.0919. The van der Waals surface area contributed by atoms with Crippen molar-refractivity contribution in [2.75, 3.05) is 12.8 Å². The van der Waals surface area contributed by atoms with E-state index < -0.39 is 13.6 Å². The van der Waals surface area contributed by atoms with Crippen LogP contribution < -0.4 is 5.32 Å². The van der Waals surface area contributed by atoms with E-state index in [9.17, 15) is 4.79 Å². The lowest BCUT2D eigenvalue weighted by Gasteiger charge is -2.25. The summed E-state index contributed by atoms with van der Waals surface area (Å²) in [5, 5.41) is 3.33. The molecule has 0 aromatic rings. The molecular formula is C9H19NO2Si. The number of ether oxygens (including phenoxy) is 1. The Hall–Kier alpha value is -0.353. The Labute approximate surface area is 80.9 Å². The molecule has 0 bridgehead atoms. The van der Waals surface area contributed by atoms with Crippen molar-refractivity contribution in [1.82, 2.24) is 5.32 Å². The lowest BCUT2D eigenvalue weighted by Crippen LogP contribution is -2.52. The van der Waals surface area contributed by atoms with Crippen molar-refractivity contribution in [2.45, 2.75) is 38.5 Å². The highest BCUT2D eigenvalue weighted by Gasteiger charge is 2.40. The number of hydrogen-bond donors (Lipinski definition) is 1. The summed E-state index contributed by atoms with van der Waals surface area (Å²) >= 11 is 0. The van der Waals surface area contributed by atoms with Gasteiger partial charge >= 0.3 is 5.97 Å². The van der Waals surface area contributed by atoms with Crippen LogP contribution in [0, 0.1) is 0 Å². The molecule has 4 heteroatoms. The zero-order valence-electron chi connectivity index (χ0n) is 8.94. The van der Waals surface area contributed by atoms with Crippen LogP contribution in [-0.2, 0) is 9.53 Å². The fraction of sp³-hybridized carbons (Fsp3) is 0.889. The van der Waals surface area contributed by atoms with Gasteiger partial charge in [-0.15, -0.1) is 0 Å². The highest BCUT2D eigenvalue weighted by Crippen LogP contribution is 2.19. The van der Waals surface area contributed by atoms with Crippen molar-refractivity contribution in [3.05, 3.63) is 0 Å². The number of cyclic esters (lactones) is 1. The third-order valence-electron chi connectivity index (χ3n) is 2.29. The standard InChI is InChI=1S/C9H19NO2Si/c1-9(5-6-12-8(9)11)10-7-13(2,3)4/h10H,5-7H2,1-4H3. The van der Waals surface area contributed by atoms with E-state index in [4.69, 9.17) is 4.74 Å². The van der Waals surface area contributed by atoms with Crippen LogP contribution in [0.25, 0.3) is 0 Å². The molecule has 0 aliphatic carbocycles. The number of carbonyl (C=O) groups excluding carboxylic acids is 1. The molecule has 1 atom stereocenters. The summed E-state index contributed by atoms with van der Waals surface area (Å²) in [6, 6.07) is 0. The van der Waals surface area contributed by atoms with Gasteiger partial charge in [-0.2, -0.15) is 0 Å². The number of hydrogen-bond acceptors (Lipinski definition) is 3. The van der Waals surface area contributed by atoms with Gasteiger partial charge < -0.3 is 10.1 Å². The van der Waals surface area contributed by atoms with Gasteiger partial charge in [0.25, 0.3) is 0 Å². The van der Waals surface area contributed by atoms with Crippen molar-refractivity contribution < 1.29 is 9.53 Å². The maximum Gasteiger partial charge on any atom is 0.326 e. The zero-order chi connectivity index (χ0) is 10.1. The minimum atomic E-state index is -1.12. The maximum atomic E-state index is 11.3. The molecule has 0 saturated carbocycles. The van der Waals surface area contributed by atoms with E-state index in [0.29, 0.717) is 6.61 Å². The average molecular weight is 201 g/mol. The maximum absolute atomic E-state index is 11.3. The van der Waals surface area contributed by atoms with Gasteiger partial charge in [-0.1, -0.05) is 19.6 Å². The van der Waals surface area contributed by atoms with Gasteiger partial charge in [0, 0.05) is 6.42 Å². The molecule has 0 amide bonds. The van der Waals surface area contributed by atoms with Crippen LogP contribution in [-0.4, -0.2) is 32.4 Å². The fourth-order valence-electron chi connectivity index (χ4n) is 1.23. The quantitative estimate of drug-likeness (QED) is 0.550. The molecule has 13 heavy (non-hydrogen) atoms. The normalized spacial score (nSPS) is 29.1. The average Bonchev–Trinajstić information content (AvgIpc) is 2.29. The van der Waals surface area contributed by atoms with Gasteiger partial charge in [-0.05, 0) is 13.1 Å². The van der Waals surface area contributed by atoms with Gasteiger partial charge in [0.05, 0.1) is 14.7 Å². The topological polar surface area (TPSA) is 38.3 Å².